The van der Waals surface area contributed by atoms with E-state index in [1.165, 1.54) is 4.88 Å². The van der Waals surface area contributed by atoms with Crippen molar-refractivity contribution < 1.29 is 14.1 Å². The topological polar surface area (TPSA) is 67.6 Å². The van der Waals surface area contributed by atoms with Crippen LogP contribution in [-0.2, 0) is 16.0 Å². The third-order valence-electron chi connectivity index (χ3n) is 4.81. The first-order chi connectivity index (χ1) is 13.8. The molecule has 7 heteroatoms. The summed E-state index contributed by atoms with van der Waals surface area (Å²) in [6, 6.07) is 16.0. The molecule has 0 spiro atoms. The number of benzene rings is 1. The van der Waals surface area contributed by atoms with Crippen LogP contribution in [0.5, 0.6) is 0 Å². The van der Waals surface area contributed by atoms with Crippen molar-refractivity contribution in [2.24, 2.45) is 0 Å². The Balaban J connectivity index is 1.35. The van der Waals surface area contributed by atoms with Gasteiger partial charge in [0, 0.05) is 36.1 Å². The fraction of sp³-hybridized carbons (Fsp3) is 0.333. The van der Waals surface area contributed by atoms with Crippen LogP contribution in [0.25, 0.3) is 11.3 Å². The van der Waals surface area contributed by atoms with E-state index in [2.05, 4.69) is 32.9 Å². The molecule has 2 aromatic heterocycles. The maximum atomic E-state index is 12.5. The summed E-state index contributed by atoms with van der Waals surface area (Å²) in [7, 11) is 0. The first-order valence-electron chi connectivity index (χ1n) is 9.42. The number of morpholine rings is 1. The van der Waals surface area contributed by atoms with Gasteiger partial charge in [-0.1, -0.05) is 41.6 Å². The summed E-state index contributed by atoms with van der Waals surface area (Å²) in [6.07, 6.45) is 0.181. The molecule has 3 aromatic rings. The minimum absolute atomic E-state index is 0.0643. The number of nitrogens with one attached hydrogen (secondary N) is 1. The Labute approximate surface area is 168 Å². The lowest BCUT2D eigenvalue weighted by Gasteiger charge is -2.34. The normalized spacial score (nSPS) is 16.0. The highest BCUT2D eigenvalue weighted by Crippen LogP contribution is 2.25. The lowest BCUT2D eigenvalue weighted by molar-refractivity contribution is -0.121. The molecule has 0 saturated carbocycles. The Bertz CT molecular complexity index is 873. The van der Waals surface area contributed by atoms with Gasteiger partial charge in [-0.2, -0.15) is 0 Å². The van der Waals surface area contributed by atoms with Gasteiger partial charge < -0.3 is 14.6 Å². The number of carbonyl (C=O) groups is 1. The number of thiophene rings is 1. The van der Waals surface area contributed by atoms with Crippen LogP contribution in [-0.4, -0.2) is 48.8 Å². The Morgan fingerprint density at radius 3 is 2.75 bits per heavy atom. The van der Waals surface area contributed by atoms with Gasteiger partial charge in [0.15, 0.2) is 0 Å². The Morgan fingerprint density at radius 2 is 2.00 bits per heavy atom. The second kappa shape index (κ2) is 9.14. The molecular formula is C21H23N3O3S. The maximum Gasteiger partial charge on any atom is 0.227 e. The van der Waals surface area contributed by atoms with Crippen LogP contribution in [0.15, 0.2) is 58.4 Å². The molecule has 4 rings (SSSR count). The molecule has 1 atom stereocenters. The Morgan fingerprint density at radius 1 is 1.18 bits per heavy atom. The first-order valence-corrected chi connectivity index (χ1v) is 10.3. The Hall–Kier alpha value is -2.48. The molecule has 146 valence electrons. The molecule has 1 aliphatic rings. The van der Waals surface area contributed by atoms with Gasteiger partial charge in [0.1, 0.15) is 11.5 Å². The zero-order chi connectivity index (χ0) is 19.2. The number of rotatable bonds is 7. The summed E-state index contributed by atoms with van der Waals surface area (Å²) in [6.45, 7) is 3.78. The SMILES string of the molecule is O=C(Cc1cc(-c2ccccc2)no1)NCC(c1cccs1)N1CCOCC1. The lowest BCUT2D eigenvalue weighted by atomic mass is 10.1. The standard InChI is InChI=1S/C21H23N3O3S/c25-21(14-17-13-18(23-27-17)16-5-2-1-3-6-16)22-15-19(20-7-4-12-28-20)24-8-10-26-11-9-24/h1-7,12-13,19H,8-11,14-15H2,(H,22,25). The van der Waals surface area contributed by atoms with Crippen molar-refractivity contribution in [1.82, 2.24) is 15.4 Å². The molecule has 1 saturated heterocycles. The number of carbonyl (C=O) groups excluding carboxylic acids is 1. The molecule has 6 nitrogen and oxygen atoms in total. The van der Waals surface area contributed by atoms with Crippen LogP contribution in [0.4, 0.5) is 0 Å². The third-order valence-corrected chi connectivity index (χ3v) is 5.79. The van der Waals surface area contributed by atoms with E-state index in [-0.39, 0.29) is 18.4 Å². The fourth-order valence-corrected chi connectivity index (χ4v) is 4.21. The van der Waals surface area contributed by atoms with Crippen molar-refractivity contribution >= 4 is 17.2 Å². The van der Waals surface area contributed by atoms with E-state index in [9.17, 15) is 4.79 Å². The van der Waals surface area contributed by atoms with Gasteiger partial charge in [0.25, 0.3) is 0 Å². The first kappa shape index (κ1) is 18.9. The smallest absolute Gasteiger partial charge is 0.227 e. The zero-order valence-electron chi connectivity index (χ0n) is 15.5. The molecule has 3 heterocycles. The summed E-state index contributed by atoms with van der Waals surface area (Å²) >= 11 is 1.72. The largest absolute Gasteiger partial charge is 0.379 e. The fourth-order valence-electron chi connectivity index (χ4n) is 3.35. The van der Waals surface area contributed by atoms with Gasteiger partial charge in [0.2, 0.25) is 5.91 Å². The number of hydrogen-bond donors (Lipinski definition) is 1. The molecular weight excluding hydrogens is 374 g/mol. The predicted molar refractivity (Wildman–Crippen MR) is 108 cm³/mol. The molecule has 1 fully saturated rings. The quantitative estimate of drug-likeness (QED) is 0.663. The number of nitrogens with zero attached hydrogens (tertiary/aromatic N) is 2. The van der Waals surface area contributed by atoms with Crippen LogP contribution in [0, 0.1) is 0 Å². The summed E-state index contributed by atoms with van der Waals surface area (Å²) in [4.78, 5) is 16.1. The zero-order valence-corrected chi connectivity index (χ0v) is 16.4. The van der Waals surface area contributed by atoms with Gasteiger partial charge in [-0.15, -0.1) is 11.3 Å². The van der Waals surface area contributed by atoms with Crippen molar-refractivity contribution in [1.29, 1.82) is 0 Å². The van der Waals surface area contributed by atoms with E-state index in [4.69, 9.17) is 9.26 Å². The number of hydrogen-bond acceptors (Lipinski definition) is 6. The van der Waals surface area contributed by atoms with Crippen LogP contribution in [0.2, 0.25) is 0 Å². The molecule has 0 aliphatic carbocycles. The van der Waals surface area contributed by atoms with Gasteiger partial charge in [0.05, 0.1) is 25.7 Å². The van der Waals surface area contributed by atoms with Crippen LogP contribution in [0.3, 0.4) is 0 Å². The van der Waals surface area contributed by atoms with E-state index in [1.54, 1.807) is 11.3 Å². The maximum absolute atomic E-state index is 12.5. The molecule has 0 bridgehead atoms. The molecule has 0 radical (unpaired) electrons. The molecule has 1 aromatic carbocycles. The summed E-state index contributed by atoms with van der Waals surface area (Å²) in [5.41, 5.74) is 1.72. The predicted octanol–water partition coefficient (Wildman–Crippen LogP) is 3.14. The van der Waals surface area contributed by atoms with Crippen molar-refractivity contribution in [3.8, 4) is 11.3 Å². The molecule has 28 heavy (non-hydrogen) atoms. The van der Waals surface area contributed by atoms with Crippen LogP contribution < -0.4 is 5.32 Å². The highest BCUT2D eigenvalue weighted by molar-refractivity contribution is 7.10. The van der Waals surface area contributed by atoms with Crippen molar-refractivity contribution in [2.45, 2.75) is 12.5 Å². The highest BCUT2D eigenvalue weighted by atomic mass is 32.1. The average molecular weight is 398 g/mol. The van der Waals surface area contributed by atoms with Crippen molar-refractivity contribution in [3.63, 3.8) is 0 Å². The molecule has 1 amide bonds. The van der Waals surface area contributed by atoms with E-state index in [0.29, 0.717) is 12.3 Å². The van der Waals surface area contributed by atoms with Crippen LogP contribution >= 0.6 is 11.3 Å². The van der Waals surface area contributed by atoms with Gasteiger partial charge in [-0.25, -0.2) is 0 Å². The molecule has 1 unspecified atom stereocenters. The minimum Gasteiger partial charge on any atom is -0.379 e. The van der Waals surface area contributed by atoms with E-state index in [0.717, 1.165) is 37.6 Å². The number of aromatic nitrogens is 1. The second-order valence-corrected chi connectivity index (χ2v) is 7.68. The average Bonchev–Trinajstić information content (AvgIpc) is 3.42. The minimum atomic E-state index is -0.0643. The second-order valence-electron chi connectivity index (χ2n) is 6.70. The van der Waals surface area contributed by atoms with E-state index in [1.807, 2.05) is 36.4 Å². The van der Waals surface area contributed by atoms with Gasteiger partial charge in [-0.3, -0.25) is 9.69 Å². The summed E-state index contributed by atoms with van der Waals surface area (Å²) < 4.78 is 10.8. The highest BCUT2D eigenvalue weighted by Gasteiger charge is 2.24. The van der Waals surface area contributed by atoms with E-state index < -0.39 is 0 Å². The third kappa shape index (κ3) is 4.67. The van der Waals surface area contributed by atoms with Gasteiger partial charge in [-0.05, 0) is 11.4 Å². The van der Waals surface area contributed by atoms with Crippen molar-refractivity contribution in [3.05, 3.63) is 64.5 Å². The Kier molecular flexibility index (Phi) is 6.16. The van der Waals surface area contributed by atoms with Crippen molar-refractivity contribution in [2.75, 3.05) is 32.8 Å². The molecule has 1 aliphatic heterocycles. The monoisotopic (exact) mass is 397 g/mol. The van der Waals surface area contributed by atoms with Gasteiger partial charge >= 0.3 is 0 Å². The van der Waals surface area contributed by atoms with Crippen LogP contribution in [0.1, 0.15) is 16.7 Å². The number of ether oxygens (including phenoxy) is 1. The lowest BCUT2D eigenvalue weighted by Crippen LogP contribution is -2.43. The number of amides is 1. The molecule has 1 N–H and O–H groups in total. The van der Waals surface area contributed by atoms with E-state index >= 15 is 0 Å². The summed E-state index contributed by atoms with van der Waals surface area (Å²) in [5, 5.41) is 9.21. The summed E-state index contributed by atoms with van der Waals surface area (Å²) in [5.74, 6) is 0.501.